The van der Waals surface area contributed by atoms with Gasteiger partial charge in [-0.3, -0.25) is 0 Å². The zero-order chi connectivity index (χ0) is 17.6. The molecule has 1 saturated carbocycles. The van der Waals surface area contributed by atoms with E-state index in [9.17, 15) is 4.79 Å². The molecule has 0 bridgehead atoms. The largest absolute Gasteiger partial charge is 0.497 e. The number of carbonyl (C=O) groups excluding carboxylic acids is 1. The van der Waals surface area contributed by atoms with E-state index in [-0.39, 0.29) is 12.6 Å². The third-order valence-corrected chi connectivity index (χ3v) is 4.59. The van der Waals surface area contributed by atoms with E-state index in [0.717, 1.165) is 40.9 Å². The molecule has 0 atom stereocenters. The SMILES string of the molecule is COc1ccc2c(c1)c(C(=O)OCc1cc(C)no1)c(C)n2C1CC1. The van der Waals surface area contributed by atoms with Crippen LogP contribution in [0.3, 0.4) is 0 Å². The maximum atomic E-state index is 12.8. The number of methoxy groups -OCH3 is 1. The predicted octanol–water partition coefficient (Wildman–Crippen LogP) is 3.95. The number of carbonyl (C=O) groups is 1. The number of ether oxygens (including phenoxy) is 2. The Hall–Kier alpha value is -2.76. The Labute approximate surface area is 145 Å². The quantitative estimate of drug-likeness (QED) is 0.658. The van der Waals surface area contributed by atoms with Gasteiger partial charge in [-0.05, 0) is 44.9 Å². The second kappa shape index (κ2) is 5.95. The summed E-state index contributed by atoms with van der Waals surface area (Å²) in [6.07, 6.45) is 2.28. The molecule has 6 nitrogen and oxygen atoms in total. The first-order valence-corrected chi connectivity index (χ1v) is 8.36. The number of hydrogen-bond donors (Lipinski definition) is 0. The predicted molar refractivity (Wildman–Crippen MR) is 91.9 cm³/mol. The summed E-state index contributed by atoms with van der Waals surface area (Å²) in [5.74, 6) is 0.900. The molecule has 4 rings (SSSR count). The van der Waals surface area contributed by atoms with Crippen LogP contribution in [-0.2, 0) is 11.3 Å². The van der Waals surface area contributed by atoms with Crippen LogP contribution in [0.4, 0.5) is 0 Å². The first-order chi connectivity index (χ1) is 12.1. The normalized spacial score (nSPS) is 14.0. The average Bonchev–Trinajstić information content (AvgIpc) is 3.28. The third-order valence-electron chi connectivity index (χ3n) is 4.59. The number of aromatic nitrogens is 2. The molecule has 25 heavy (non-hydrogen) atoms. The lowest BCUT2D eigenvalue weighted by Gasteiger charge is -2.06. The van der Waals surface area contributed by atoms with Crippen LogP contribution in [0.2, 0.25) is 0 Å². The summed E-state index contributed by atoms with van der Waals surface area (Å²) < 4.78 is 18.2. The Bertz CT molecular complexity index is 950. The van der Waals surface area contributed by atoms with Crippen LogP contribution in [0.1, 0.15) is 46.4 Å². The molecule has 2 heterocycles. The maximum Gasteiger partial charge on any atom is 0.341 e. The molecule has 1 aromatic carbocycles. The Morgan fingerprint density at radius 3 is 2.76 bits per heavy atom. The molecule has 0 aliphatic heterocycles. The molecule has 0 unspecified atom stereocenters. The van der Waals surface area contributed by atoms with Crippen LogP contribution in [0.15, 0.2) is 28.8 Å². The Balaban J connectivity index is 1.71. The maximum absolute atomic E-state index is 12.8. The van der Waals surface area contributed by atoms with E-state index in [2.05, 4.69) is 9.72 Å². The van der Waals surface area contributed by atoms with Gasteiger partial charge in [0.05, 0.1) is 18.4 Å². The van der Waals surface area contributed by atoms with Crippen LogP contribution >= 0.6 is 0 Å². The zero-order valence-electron chi connectivity index (χ0n) is 14.5. The molecule has 0 N–H and O–H groups in total. The van der Waals surface area contributed by atoms with E-state index in [0.29, 0.717) is 17.4 Å². The van der Waals surface area contributed by atoms with Gasteiger partial charge in [0, 0.05) is 28.7 Å². The lowest BCUT2D eigenvalue weighted by Crippen LogP contribution is -2.07. The number of benzene rings is 1. The minimum Gasteiger partial charge on any atom is -0.497 e. The summed E-state index contributed by atoms with van der Waals surface area (Å²) in [5, 5.41) is 4.67. The standard InChI is InChI=1S/C19H20N2O4/c1-11-8-15(25-20-11)10-24-19(22)18-12(2)21(13-4-5-13)17-7-6-14(23-3)9-16(17)18/h6-9,13H,4-5,10H2,1-3H3. The average molecular weight is 340 g/mol. The van der Waals surface area contributed by atoms with Gasteiger partial charge in [0.25, 0.3) is 0 Å². The highest BCUT2D eigenvalue weighted by molar-refractivity contribution is 6.06. The first-order valence-electron chi connectivity index (χ1n) is 8.36. The molecule has 1 fully saturated rings. The van der Waals surface area contributed by atoms with Crippen LogP contribution in [0.25, 0.3) is 10.9 Å². The number of nitrogens with zero attached hydrogens (tertiary/aromatic N) is 2. The van der Waals surface area contributed by atoms with Gasteiger partial charge in [-0.25, -0.2) is 4.79 Å². The van der Waals surface area contributed by atoms with Gasteiger partial charge in [0.15, 0.2) is 12.4 Å². The van der Waals surface area contributed by atoms with Crippen molar-refractivity contribution >= 4 is 16.9 Å². The molecule has 1 aliphatic rings. The fourth-order valence-electron chi connectivity index (χ4n) is 3.30. The van der Waals surface area contributed by atoms with Crippen molar-refractivity contribution in [2.24, 2.45) is 0 Å². The molecular weight excluding hydrogens is 320 g/mol. The number of aryl methyl sites for hydroxylation is 1. The van der Waals surface area contributed by atoms with E-state index < -0.39 is 0 Å². The topological polar surface area (TPSA) is 66.5 Å². The second-order valence-electron chi connectivity index (χ2n) is 6.46. The molecule has 0 radical (unpaired) electrons. The van der Waals surface area contributed by atoms with E-state index in [1.807, 2.05) is 32.0 Å². The van der Waals surface area contributed by atoms with Gasteiger partial charge in [-0.1, -0.05) is 5.16 Å². The number of hydrogen-bond acceptors (Lipinski definition) is 5. The monoisotopic (exact) mass is 340 g/mol. The highest BCUT2D eigenvalue weighted by Crippen LogP contribution is 2.42. The third kappa shape index (κ3) is 2.77. The minimum atomic E-state index is -0.357. The van der Waals surface area contributed by atoms with Crippen molar-refractivity contribution in [2.45, 2.75) is 39.3 Å². The Morgan fingerprint density at radius 2 is 2.12 bits per heavy atom. The van der Waals surface area contributed by atoms with Gasteiger partial charge in [-0.15, -0.1) is 0 Å². The van der Waals surface area contributed by atoms with Crippen molar-refractivity contribution in [2.75, 3.05) is 7.11 Å². The molecule has 0 spiro atoms. The van der Waals surface area contributed by atoms with Crippen molar-refractivity contribution in [3.05, 3.63) is 47.0 Å². The molecule has 0 amide bonds. The van der Waals surface area contributed by atoms with Crippen LogP contribution in [0.5, 0.6) is 5.75 Å². The van der Waals surface area contributed by atoms with Crippen molar-refractivity contribution in [1.82, 2.24) is 9.72 Å². The summed E-state index contributed by atoms with van der Waals surface area (Å²) in [5.41, 5.74) is 3.34. The summed E-state index contributed by atoms with van der Waals surface area (Å²) in [6, 6.07) is 8.06. The van der Waals surface area contributed by atoms with Crippen molar-refractivity contribution in [3.63, 3.8) is 0 Å². The molecule has 1 aliphatic carbocycles. The number of rotatable bonds is 5. The van der Waals surface area contributed by atoms with Gasteiger partial charge in [0.2, 0.25) is 0 Å². The van der Waals surface area contributed by atoms with Gasteiger partial charge >= 0.3 is 5.97 Å². The van der Waals surface area contributed by atoms with Crippen LogP contribution < -0.4 is 4.74 Å². The van der Waals surface area contributed by atoms with Crippen molar-refractivity contribution < 1.29 is 18.8 Å². The van der Waals surface area contributed by atoms with E-state index in [4.69, 9.17) is 14.0 Å². The van der Waals surface area contributed by atoms with Gasteiger partial charge < -0.3 is 18.6 Å². The Morgan fingerprint density at radius 1 is 1.32 bits per heavy atom. The lowest BCUT2D eigenvalue weighted by molar-refractivity contribution is 0.0438. The van der Waals surface area contributed by atoms with Crippen LogP contribution in [0, 0.1) is 13.8 Å². The minimum absolute atomic E-state index is 0.0686. The zero-order valence-corrected chi connectivity index (χ0v) is 14.5. The molecule has 3 aromatic rings. The molecule has 130 valence electrons. The highest BCUT2D eigenvalue weighted by atomic mass is 16.5. The molecule has 6 heteroatoms. The number of esters is 1. The summed E-state index contributed by atoms with van der Waals surface area (Å²) in [7, 11) is 1.62. The number of fused-ring (bicyclic) bond motifs is 1. The molecule has 2 aromatic heterocycles. The summed E-state index contributed by atoms with van der Waals surface area (Å²) in [6.45, 7) is 3.87. The van der Waals surface area contributed by atoms with Gasteiger partial charge in [-0.2, -0.15) is 0 Å². The van der Waals surface area contributed by atoms with E-state index >= 15 is 0 Å². The Kier molecular flexibility index (Phi) is 3.75. The van der Waals surface area contributed by atoms with Crippen molar-refractivity contribution in [3.8, 4) is 5.75 Å². The molecule has 0 saturated heterocycles. The summed E-state index contributed by atoms with van der Waals surface area (Å²) >= 11 is 0. The van der Waals surface area contributed by atoms with Gasteiger partial charge in [0.1, 0.15) is 5.75 Å². The smallest absolute Gasteiger partial charge is 0.341 e. The second-order valence-corrected chi connectivity index (χ2v) is 6.46. The molecular formula is C19H20N2O4. The summed E-state index contributed by atoms with van der Waals surface area (Å²) in [4.78, 5) is 12.8. The van der Waals surface area contributed by atoms with Crippen molar-refractivity contribution in [1.29, 1.82) is 0 Å². The fraction of sp³-hybridized carbons (Fsp3) is 0.368. The van der Waals surface area contributed by atoms with Crippen LogP contribution in [-0.4, -0.2) is 22.8 Å². The highest BCUT2D eigenvalue weighted by Gasteiger charge is 2.30. The van der Waals surface area contributed by atoms with E-state index in [1.54, 1.807) is 13.2 Å². The lowest BCUT2D eigenvalue weighted by atomic mass is 10.1. The fourth-order valence-corrected chi connectivity index (χ4v) is 3.30. The first kappa shape index (κ1) is 15.7. The van der Waals surface area contributed by atoms with E-state index in [1.165, 1.54) is 0 Å².